The smallest absolute Gasteiger partial charge is 0.338 e. The van der Waals surface area contributed by atoms with Crippen LogP contribution in [0.5, 0.6) is 0 Å². The van der Waals surface area contributed by atoms with Crippen molar-refractivity contribution < 1.29 is 23.9 Å². The molecule has 32 heavy (non-hydrogen) atoms. The molecule has 0 aliphatic carbocycles. The van der Waals surface area contributed by atoms with Gasteiger partial charge >= 0.3 is 5.97 Å². The van der Waals surface area contributed by atoms with Crippen LogP contribution in [-0.4, -0.2) is 30.2 Å². The van der Waals surface area contributed by atoms with Crippen LogP contribution in [0, 0.1) is 6.92 Å². The first-order chi connectivity index (χ1) is 15.3. The van der Waals surface area contributed by atoms with Crippen molar-refractivity contribution in [3.8, 4) is 0 Å². The highest BCUT2D eigenvalue weighted by Gasteiger charge is 2.37. The Hall–Kier alpha value is -3.97. The molecule has 3 aromatic carbocycles. The van der Waals surface area contributed by atoms with Gasteiger partial charge < -0.3 is 10.5 Å². The Morgan fingerprint density at radius 2 is 1.56 bits per heavy atom. The van der Waals surface area contributed by atoms with Gasteiger partial charge in [-0.2, -0.15) is 0 Å². The largest absolute Gasteiger partial charge is 0.454 e. The highest BCUT2D eigenvalue weighted by Crippen LogP contribution is 2.31. The molecule has 4 rings (SSSR count). The molecule has 3 aromatic rings. The summed E-state index contributed by atoms with van der Waals surface area (Å²) < 4.78 is 5.09. The maximum Gasteiger partial charge on any atom is 0.338 e. The van der Waals surface area contributed by atoms with Gasteiger partial charge in [0, 0.05) is 16.3 Å². The minimum atomic E-state index is -0.784. The van der Waals surface area contributed by atoms with Crippen molar-refractivity contribution in [2.24, 2.45) is 0 Å². The molecular formula is C24H17ClN2O5. The van der Waals surface area contributed by atoms with Gasteiger partial charge in [0.05, 0.1) is 22.4 Å². The number of imide groups is 1. The SMILES string of the molecule is Cc1ccc(N2C(=O)c3ccc(C(=O)OCC(=O)c4ccc(N)cc4)cc3C2=O)cc1Cl. The Morgan fingerprint density at radius 1 is 0.906 bits per heavy atom. The predicted molar refractivity (Wildman–Crippen MR) is 119 cm³/mol. The van der Waals surface area contributed by atoms with Gasteiger partial charge in [0.1, 0.15) is 0 Å². The molecule has 1 aliphatic rings. The van der Waals surface area contributed by atoms with Gasteiger partial charge in [-0.15, -0.1) is 0 Å². The summed E-state index contributed by atoms with van der Waals surface area (Å²) in [4.78, 5) is 51.3. The van der Waals surface area contributed by atoms with E-state index in [0.29, 0.717) is 22.0 Å². The zero-order valence-corrected chi connectivity index (χ0v) is 17.7. The number of anilines is 2. The normalized spacial score (nSPS) is 12.6. The van der Waals surface area contributed by atoms with Crippen LogP contribution < -0.4 is 10.6 Å². The average molecular weight is 449 g/mol. The van der Waals surface area contributed by atoms with E-state index in [2.05, 4.69) is 0 Å². The second kappa shape index (κ2) is 8.28. The minimum Gasteiger partial charge on any atom is -0.454 e. The van der Waals surface area contributed by atoms with Crippen LogP contribution in [0.25, 0.3) is 0 Å². The fourth-order valence-corrected chi connectivity index (χ4v) is 3.46. The van der Waals surface area contributed by atoms with Crippen LogP contribution in [0.4, 0.5) is 11.4 Å². The number of ketones is 1. The van der Waals surface area contributed by atoms with Crippen molar-refractivity contribution >= 4 is 46.5 Å². The van der Waals surface area contributed by atoms with Crippen molar-refractivity contribution in [1.29, 1.82) is 0 Å². The van der Waals surface area contributed by atoms with Crippen molar-refractivity contribution in [1.82, 2.24) is 0 Å². The van der Waals surface area contributed by atoms with Gasteiger partial charge in [-0.05, 0) is 67.1 Å². The van der Waals surface area contributed by atoms with Gasteiger partial charge in [0.2, 0.25) is 0 Å². The maximum atomic E-state index is 12.9. The molecule has 2 amide bonds. The zero-order valence-electron chi connectivity index (χ0n) is 16.9. The number of nitrogens with two attached hydrogens (primary N) is 1. The molecule has 1 aliphatic heterocycles. The van der Waals surface area contributed by atoms with Crippen molar-refractivity contribution in [3.63, 3.8) is 0 Å². The Morgan fingerprint density at radius 3 is 2.25 bits per heavy atom. The first kappa shape index (κ1) is 21.3. The van der Waals surface area contributed by atoms with E-state index in [-0.39, 0.29) is 16.7 Å². The van der Waals surface area contributed by atoms with Crippen LogP contribution in [0.15, 0.2) is 60.7 Å². The molecule has 0 radical (unpaired) electrons. The summed E-state index contributed by atoms with van der Waals surface area (Å²) in [6, 6.07) is 15.2. The third-order valence-electron chi connectivity index (χ3n) is 5.10. The van der Waals surface area contributed by atoms with Gasteiger partial charge in [0.15, 0.2) is 12.4 Å². The fraction of sp³-hybridized carbons (Fsp3) is 0.0833. The summed E-state index contributed by atoms with van der Waals surface area (Å²) in [5.41, 5.74) is 7.91. The monoisotopic (exact) mass is 448 g/mol. The summed E-state index contributed by atoms with van der Waals surface area (Å²) in [6.07, 6.45) is 0. The second-order valence-electron chi connectivity index (χ2n) is 7.26. The Labute approximate surface area is 188 Å². The number of amides is 2. The summed E-state index contributed by atoms with van der Waals surface area (Å²) in [5, 5.41) is 0.425. The number of hydrogen-bond acceptors (Lipinski definition) is 6. The van der Waals surface area contributed by atoms with Crippen LogP contribution in [-0.2, 0) is 4.74 Å². The van der Waals surface area contributed by atoms with E-state index in [1.54, 1.807) is 24.3 Å². The quantitative estimate of drug-likeness (QED) is 0.273. The molecular weight excluding hydrogens is 432 g/mol. The van der Waals surface area contributed by atoms with E-state index in [0.717, 1.165) is 10.5 Å². The number of halogens is 1. The molecule has 8 heteroatoms. The molecule has 160 valence electrons. The summed E-state index contributed by atoms with van der Waals surface area (Å²) in [7, 11) is 0. The number of aryl methyl sites for hydroxylation is 1. The molecule has 0 aromatic heterocycles. The van der Waals surface area contributed by atoms with Gasteiger partial charge in [-0.3, -0.25) is 14.4 Å². The topological polar surface area (TPSA) is 107 Å². The lowest BCUT2D eigenvalue weighted by Gasteiger charge is -2.14. The van der Waals surface area contributed by atoms with Crippen LogP contribution in [0.2, 0.25) is 5.02 Å². The molecule has 0 bridgehead atoms. The molecule has 2 N–H and O–H groups in total. The Balaban J connectivity index is 1.51. The molecule has 1 heterocycles. The number of benzene rings is 3. The number of rotatable bonds is 5. The lowest BCUT2D eigenvalue weighted by atomic mass is 10.1. The predicted octanol–water partition coefficient (Wildman–Crippen LogP) is 4.07. The van der Waals surface area contributed by atoms with Crippen molar-refractivity contribution in [2.75, 3.05) is 17.2 Å². The van der Waals surface area contributed by atoms with Gasteiger partial charge in [-0.25, -0.2) is 9.69 Å². The van der Waals surface area contributed by atoms with E-state index < -0.39 is 30.2 Å². The van der Waals surface area contributed by atoms with Gasteiger partial charge in [0.25, 0.3) is 11.8 Å². The molecule has 0 saturated carbocycles. The van der Waals surface area contributed by atoms with Crippen molar-refractivity contribution in [3.05, 3.63) is 93.5 Å². The number of ether oxygens (including phenoxy) is 1. The van der Waals surface area contributed by atoms with Crippen molar-refractivity contribution in [2.45, 2.75) is 6.92 Å². The lowest BCUT2D eigenvalue weighted by molar-refractivity contribution is 0.0474. The van der Waals surface area contributed by atoms with Crippen LogP contribution >= 0.6 is 11.6 Å². The van der Waals surface area contributed by atoms with E-state index in [1.165, 1.54) is 36.4 Å². The highest BCUT2D eigenvalue weighted by molar-refractivity contribution is 6.36. The standard InChI is InChI=1S/C24H17ClN2O5/c1-13-2-8-17(11-20(13)25)27-22(29)18-9-5-15(10-19(18)23(27)30)24(31)32-12-21(28)14-3-6-16(26)7-4-14/h2-11H,12,26H2,1H3. The second-order valence-corrected chi connectivity index (χ2v) is 7.67. The molecule has 0 unspecified atom stereocenters. The number of carbonyl (C=O) groups is 4. The maximum absolute atomic E-state index is 12.9. The Bertz CT molecular complexity index is 1280. The fourth-order valence-electron chi connectivity index (χ4n) is 3.29. The minimum absolute atomic E-state index is 0.0544. The van der Waals surface area contributed by atoms with Crippen LogP contribution in [0.3, 0.4) is 0 Å². The molecule has 0 fully saturated rings. The zero-order chi connectivity index (χ0) is 23.0. The number of Topliss-reactive ketones (excluding diaryl/α,β-unsaturated/α-hetero) is 1. The Kier molecular flexibility index (Phi) is 5.50. The highest BCUT2D eigenvalue weighted by atomic mass is 35.5. The number of carbonyl (C=O) groups excluding carboxylic acids is 4. The molecule has 7 nitrogen and oxygen atoms in total. The van der Waals surface area contributed by atoms with E-state index in [4.69, 9.17) is 22.1 Å². The van der Waals surface area contributed by atoms with E-state index >= 15 is 0 Å². The first-order valence-corrected chi connectivity index (χ1v) is 9.99. The number of fused-ring (bicyclic) bond motifs is 1. The number of esters is 1. The van der Waals surface area contributed by atoms with E-state index in [9.17, 15) is 19.2 Å². The van der Waals surface area contributed by atoms with Gasteiger partial charge in [-0.1, -0.05) is 17.7 Å². The summed E-state index contributed by atoms with van der Waals surface area (Å²) in [5.74, 6) is -2.26. The lowest BCUT2D eigenvalue weighted by Crippen LogP contribution is -2.29. The van der Waals surface area contributed by atoms with E-state index in [1.807, 2.05) is 6.92 Å². The summed E-state index contributed by atoms with van der Waals surface area (Å²) in [6.45, 7) is 1.34. The number of nitrogens with zero attached hydrogens (tertiary/aromatic N) is 1. The molecule has 0 atom stereocenters. The first-order valence-electron chi connectivity index (χ1n) is 9.61. The average Bonchev–Trinajstić information content (AvgIpc) is 3.04. The molecule has 0 spiro atoms. The molecule has 0 saturated heterocycles. The third kappa shape index (κ3) is 3.86. The third-order valence-corrected chi connectivity index (χ3v) is 5.51. The number of nitrogen functional groups attached to an aromatic ring is 1. The summed E-state index contributed by atoms with van der Waals surface area (Å²) >= 11 is 6.13. The van der Waals surface area contributed by atoms with Crippen LogP contribution in [0.1, 0.15) is 47.0 Å². The number of hydrogen-bond donors (Lipinski definition) is 1.